The van der Waals surface area contributed by atoms with Gasteiger partial charge in [0.25, 0.3) is 0 Å². The zero-order valence-electron chi connectivity index (χ0n) is 26.2. The Hall–Kier alpha value is -6.79. The summed E-state index contributed by atoms with van der Waals surface area (Å²) in [6, 6.07) is 48.4. The Morgan fingerprint density at radius 1 is 0.531 bits per heavy atom. The summed E-state index contributed by atoms with van der Waals surface area (Å²) < 4.78 is 0. The molecule has 49 heavy (non-hydrogen) atoms. The Morgan fingerprint density at radius 2 is 1.10 bits per heavy atom. The fourth-order valence-electron chi connectivity index (χ4n) is 6.79. The summed E-state index contributed by atoms with van der Waals surface area (Å²) in [5.74, 6) is 0. The Balaban J connectivity index is 1.23. The first kappa shape index (κ1) is 28.4. The fourth-order valence-corrected chi connectivity index (χ4v) is 6.79. The van der Waals surface area contributed by atoms with Gasteiger partial charge in [0.05, 0.1) is 39.3 Å². The van der Waals surface area contributed by atoms with Crippen LogP contribution >= 0.6 is 0 Å². The van der Waals surface area contributed by atoms with Crippen LogP contribution in [0.3, 0.4) is 0 Å². The first-order chi connectivity index (χ1) is 24.2. The molecular formula is C43H27N5O. The first-order valence-corrected chi connectivity index (χ1v) is 16.0. The quantitative estimate of drug-likeness (QED) is 0.115. The van der Waals surface area contributed by atoms with Crippen LogP contribution in [-0.2, 0) is 0 Å². The largest absolute Gasteiger partial charge is 0.410 e. The molecule has 0 unspecified atom stereocenters. The van der Waals surface area contributed by atoms with Gasteiger partial charge in [0.2, 0.25) is 0 Å². The molecule has 3 heterocycles. The molecule has 1 aliphatic rings. The van der Waals surface area contributed by atoms with Crippen LogP contribution in [0.15, 0.2) is 151 Å². The monoisotopic (exact) mass is 629 g/mol. The molecule has 230 valence electrons. The molecule has 6 nitrogen and oxygen atoms in total. The summed E-state index contributed by atoms with van der Waals surface area (Å²) in [7, 11) is 0. The Bertz CT molecular complexity index is 2680. The molecule has 0 amide bonds. The number of hydrogen-bond acceptors (Lipinski definition) is 6. The maximum atomic E-state index is 10.1. The number of nitrogens with one attached hydrogen (secondary N) is 1. The van der Waals surface area contributed by atoms with Crippen molar-refractivity contribution in [3.63, 3.8) is 0 Å². The van der Waals surface area contributed by atoms with Gasteiger partial charge in [0, 0.05) is 49.5 Å². The molecule has 8 aromatic rings. The zero-order chi connectivity index (χ0) is 32.9. The number of allylic oxidation sites excluding steroid dienone is 1. The normalized spacial score (nSPS) is 13.6. The smallest absolute Gasteiger partial charge is 0.136 e. The molecule has 5 aromatic carbocycles. The van der Waals surface area contributed by atoms with Gasteiger partial charge in [0.15, 0.2) is 0 Å². The van der Waals surface area contributed by atoms with E-state index in [1.165, 1.54) is 0 Å². The van der Waals surface area contributed by atoms with Crippen molar-refractivity contribution >= 4 is 55.8 Å². The van der Waals surface area contributed by atoms with Gasteiger partial charge < -0.3 is 5.21 Å². The minimum Gasteiger partial charge on any atom is -0.410 e. The third kappa shape index (κ3) is 4.77. The van der Waals surface area contributed by atoms with Gasteiger partial charge >= 0.3 is 0 Å². The summed E-state index contributed by atoms with van der Waals surface area (Å²) in [5.41, 5.74) is 11.2. The highest BCUT2D eigenvalue weighted by Crippen LogP contribution is 2.39. The molecule has 9 rings (SSSR count). The summed E-state index contributed by atoms with van der Waals surface area (Å²) >= 11 is 0. The van der Waals surface area contributed by atoms with Crippen molar-refractivity contribution in [2.24, 2.45) is 5.16 Å². The SMILES string of the molecule is N=C1/C(=N\O)C(c2ccccc2)=Cc2c(-c3cccc(-c4ccc5ccc6ccc(-c7ccccc7)nc6c5n4)c3)nc3ccccc3c21. The highest BCUT2D eigenvalue weighted by Gasteiger charge is 2.29. The van der Waals surface area contributed by atoms with E-state index in [1.807, 2.05) is 97.1 Å². The molecule has 0 saturated heterocycles. The second-order valence-corrected chi connectivity index (χ2v) is 12.1. The standard InChI is InChI=1S/C43H27N5O/c44-39-38-32-16-7-8-17-37(32)47-40(34(38)25-33(43(39)48-49)26-10-3-1-4-11-26)31-15-9-14-30(24-31)36-23-21-29-19-18-28-20-22-35(27-12-5-2-6-13-27)45-41(28)42(29)46-36/h1-25,44,49H/b44-39?,48-43-. The molecule has 6 heteroatoms. The molecule has 1 aliphatic carbocycles. The molecular weight excluding hydrogens is 603 g/mol. The number of para-hydroxylation sites is 1. The van der Waals surface area contributed by atoms with E-state index >= 15 is 0 Å². The lowest BCUT2D eigenvalue weighted by atomic mass is 9.82. The Morgan fingerprint density at radius 3 is 1.80 bits per heavy atom. The maximum Gasteiger partial charge on any atom is 0.136 e. The second kappa shape index (κ2) is 11.5. The van der Waals surface area contributed by atoms with Gasteiger partial charge in [-0.2, -0.15) is 0 Å². The predicted octanol–water partition coefficient (Wildman–Crippen LogP) is 10.1. The van der Waals surface area contributed by atoms with E-state index in [0.29, 0.717) is 11.1 Å². The number of rotatable bonds is 4. The molecule has 0 spiro atoms. The van der Waals surface area contributed by atoms with Gasteiger partial charge in [-0.15, -0.1) is 0 Å². The van der Waals surface area contributed by atoms with Crippen LogP contribution in [0, 0.1) is 5.41 Å². The average molecular weight is 630 g/mol. The summed E-state index contributed by atoms with van der Waals surface area (Å²) in [4.78, 5) is 15.4. The Labute approximate surface area is 281 Å². The van der Waals surface area contributed by atoms with Gasteiger partial charge in [-0.05, 0) is 35.9 Å². The highest BCUT2D eigenvalue weighted by atomic mass is 16.4. The molecule has 0 fully saturated rings. The topological polar surface area (TPSA) is 95.1 Å². The van der Waals surface area contributed by atoms with Crippen LogP contribution in [0.4, 0.5) is 0 Å². The molecule has 0 atom stereocenters. The van der Waals surface area contributed by atoms with Gasteiger partial charge in [-0.1, -0.05) is 126 Å². The van der Waals surface area contributed by atoms with Crippen molar-refractivity contribution in [2.75, 3.05) is 0 Å². The van der Waals surface area contributed by atoms with E-state index < -0.39 is 0 Å². The van der Waals surface area contributed by atoms with Crippen LogP contribution in [0.2, 0.25) is 0 Å². The lowest BCUT2D eigenvalue weighted by Crippen LogP contribution is -2.22. The van der Waals surface area contributed by atoms with Crippen molar-refractivity contribution in [2.45, 2.75) is 0 Å². The van der Waals surface area contributed by atoms with Crippen LogP contribution in [0.25, 0.3) is 78.1 Å². The number of oxime groups is 1. The van der Waals surface area contributed by atoms with Crippen LogP contribution in [0.1, 0.15) is 16.7 Å². The van der Waals surface area contributed by atoms with E-state index in [4.69, 9.17) is 15.0 Å². The molecule has 0 bridgehead atoms. The first-order valence-electron chi connectivity index (χ1n) is 16.0. The summed E-state index contributed by atoms with van der Waals surface area (Å²) in [6.45, 7) is 0. The lowest BCUT2D eigenvalue weighted by molar-refractivity contribution is 0.321. The molecule has 0 radical (unpaired) electrons. The van der Waals surface area contributed by atoms with Crippen molar-refractivity contribution in [1.29, 1.82) is 5.41 Å². The molecule has 2 N–H and O–H groups in total. The number of nitrogens with zero attached hydrogens (tertiary/aromatic N) is 4. The van der Waals surface area contributed by atoms with Gasteiger partial charge in [0.1, 0.15) is 5.71 Å². The zero-order valence-corrected chi connectivity index (χ0v) is 26.2. The van der Waals surface area contributed by atoms with Crippen LogP contribution in [0.5, 0.6) is 0 Å². The van der Waals surface area contributed by atoms with Crippen molar-refractivity contribution in [3.8, 4) is 33.8 Å². The molecule has 0 aliphatic heterocycles. The number of aromatic nitrogens is 3. The fraction of sp³-hybridized carbons (Fsp3) is 0. The van der Waals surface area contributed by atoms with Crippen molar-refractivity contribution in [3.05, 3.63) is 162 Å². The Kier molecular flexibility index (Phi) is 6.66. The third-order valence-electron chi connectivity index (χ3n) is 9.17. The summed E-state index contributed by atoms with van der Waals surface area (Å²) in [5, 5.41) is 25.9. The second-order valence-electron chi connectivity index (χ2n) is 12.1. The third-order valence-corrected chi connectivity index (χ3v) is 9.17. The average Bonchev–Trinajstić information content (AvgIpc) is 3.17. The number of benzene rings is 5. The van der Waals surface area contributed by atoms with E-state index in [1.54, 1.807) is 0 Å². The van der Waals surface area contributed by atoms with Crippen LogP contribution < -0.4 is 0 Å². The van der Waals surface area contributed by atoms with Gasteiger partial charge in [-0.3, -0.25) is 5.41 Å². The number of hydrogen-bond donors (Lipinski definition) is 2. The molecule has 3 aromatic heterocycles. The van der Waals surface area contributed by atoms with E-state index in [9.17, 15) is 10.6 Å². The van der Waals surface area contributed by atoms with E-state index in [-0.39, 0.29) is 11.4 Å². The van der Waals surface area contributed by atoms with E-state index in [2.05, 4.69) is 59.8 Å². The minimum atomic E-state index is 0.153. The molecule has 0 saturated carbocycles. The van der Waals surface area contributed by atoms with Gasteiger partial charge in [-0.25, -0.2) is 15.0 Å². The summed E-state index contributed by atoms with van der Waals surface area (Å²) in [6.07, 6.45) is 2.00. The lowest BCUT2D eigenvalue weighted by Gasteiger charge is -2.23. The predicted molar refractivity (Wildman–Crippen MR) is 199 cm³/mol. The maximum absolute atomic E-state index is 10.1. The minimum absolute atomic E-state index is 0.153. The number of pyridine rings is 3. The number of fused-ring (bicyclic) bond motifs is 6. The van der Waals surface area contributed by atoms with Crippen molar-refractivity contribution in [1.82, 2.24) is 15.0 Å². The highest BCUT2D eigenvalue weighted by molar-refractivity contribution is 6.65. The van der Waals surface area contributed by atoms with Crippen LogP contribution in [-0.4, -0.2) is 31.6 Å². The van der Waals surface area contributed by atoms with Crippen molar-refractivity contribution < 1.29 is 5.21 Å². The van der Waals surface area contributed by atoms with E-state index in [0.717, 1.165) is 77.6 Å².